The molecule has 2 aliphatic rings. The highest BCUT2D eigenvalue weighted by atomic mass is 16.4. The maximum atomic E-state index is 13.1. The number of benzene rings is 1. The summed E-state index contributed by atoms with van der Waals surface area (Å²) in [6.45, 7) is 11.1. The average Bonchev–Trinajstić information content (AvgIpc) is 2.49. The zero-order valence-electron chi connectivity index (χ0n) is 17.3. The number of hydrogen-bond donors (Lipinski definition) is 1. The van der Waals surface area contributed by atoms with Gasteiger partial charge >= 0.3 is 6.09 Å². The van der Waals surface area contributed by atoms with Crippen molar-refractivity contribution in [2.75, 3.05) is 18.5 Å². The van der Waals surface area contributed by atoms with Gasteiger partial charge in [-0.25, -0.2) is 4.79 Å². The number of likely N-dealkylation sites (tertiary alicyclic amines) is 1. The van der Waals surface area contributed by atoms with Gasteiger partial charge in [0.1, 0.15) is 0 Å². The van der Waals surface area contributed by atoms with Crippen LogP contribution >= 0.6 is 0 Å². The Morgan fingerprint density at radius 3 is 2.33 bits per heavy atom. The van der Waals surface area contributed by atoms with Crippen molar-refractivity contribution in [3.05, 3.63) is 29.8 Å². The highest BCUT2D eigenvalue weighted by Gasteiger charge is 2.65. The molecule has 0 radical (unpaired) electrons. The first kappa shape index (κ1) is 19.7. The molecule has 5 nitrogen and oxygen atoms in total. The summed E-state index contributed by atoms with van der Waals surface area (Å²) in [5, 5.41) is 9.46. The van der Waals surface area contributed by atoms with Gasteiger partial charge in [0.15, 0.2) is 0 Å². The van der Waals surface area contributed by atoms with E-state index in [4.69, 9.17) is 0 Å². The van der Waals surface area contributed by atoms with Gasteiger partial charge in [-0.05, 0) is 35.8 Å². The Kier molecular flexibility index (Phi) is 4.77. The van der Waals surface area contributed by atoms with Gasteiger partial charge in [-0.2, -0.15) is 0 Å². The molecule has 148 valence electrons. The summed E-state index contributed by atoms with van der Waals surface area (Å²) in [6, 6.07) is 8.06. The second-order valence-corrected chi connectivity index (χ2v) is 9.76. The largest absolute Gasteiger partial charge is 0.465 e. The van der Waals surface area contributed by atoms with Crippen LogP contribution in [0.3, 0.4) is 0 Å². The van der Waals surface area contributed by atoms with Gasteiger partial charge < -0.3 is 14.9 Å². The number of anilines is 1. The molecule has 1 aromatic rings. The molecule has 1 saturated carbocycles. The second-order valence-electron chi connectivity index (χ2n) is 9.76. The molecule has 1 spiro atoms. The lowest BCUT2D eigenvalue weighted by Gasteiger charge is -2.67. The predicted molar refractivity (Wildman–Crippen MR) is 107 cm³/mol. The van der Waals surface area contributed by atoms with Crippen LogP contribution in [0.25, 0.3) is 0 Å². The fourth-order valence-corrected chi connectivity index (χ4v) is 5.42. The topological polar surface area (TPSA) is 60.9 Å². The molecule has 5 heteroatoms. The van der Waals surface area contributed by atoms with E-state index in [0.29, 0.717) is 12.5 Å². The summed E-state index contributed by atoms with van der Waals surface area (Å²) in [4.78, 5) is 28.0. The van der Waals surface area contributed by atoms with Crippen molar-refractivity contribution in [2.45, 2.75) is 59.4 Å². The molecule has 1 saturated heterocycles. The smallest absolute Gasteiger partial charge is 0.407 e. The molecule has 27 heavy (non-hydrogen) atoms. The molecule has 0 bridgehead atoms. The number of nitrogens with zero attached hydrogens (tertiary/aromatic N) is 2. The van der Waals surface area contributed by atoms with Crippen molar-refractivity contribution in [2.24, 2.45) is 16.7 Å². The van der Waals surface area contributed by atoms with E-state index in [-0.39, 0.29) is 28.7 Å². The Morgan fingerprint density at radius 1 is 1.22 bits per heavy atom. The number of carbonyl (C=O) groups is 2. The van der Waals surface area contributed by atoms with Crippen LogP contribution in [-0.2, 0) is 4.79 Å². The van der Waals surface area contributed by atoms with Crippen LogP contribution in [0.5, 0.6) is 0 Å². The van der Waals surface area contributed by atoms with Gasteiger partial charge in [0, 0.05) is 36.7 Å². The summed E-state index contributed by atoms with van der Waals surface area (Å²) in [6.07, 6.45) is 0.718. The van der Waals surface area contributed by atoms with E-state index >= 15 is 0 Å². The number of para-hydroxylation sites is 1. The molecule has 2 amide bonds. The van der Waals surface area contributed by atoms with Crippen LogP contribution in [0.1, 0.15) is 58.9 Å². The number of carbonyl (C=O) groups excluding carboxylic acids is 1. The van der Waals surface area contributed by atoms with Gasteiger partial charge in [0.2, 0.25) is 5.91 Å². The molecule has 2 fully saturated rings. The van der Waals surface area contributed by atoms with Gasteiger partial charge in [-0.3, -0.25) is 4.79 Å². The van der Waals surface area contributed by atoms with Crippen LogP contribution in [-0.4, -0.2) is 41.6 Å². The predicted octanol–water partition coefficient (Wildman–Crippen LogP) is 4.58. The van der Waals surface area contributed by atoms with Crippen molar-refractivity contribution >= 4 is 17.7 Å². The molecule has 1 atom stereocenters. The lowest BCUT2D eigenvalue weighted by atomic mass is 9.48. The minimum Gasteiger partial charge on any atom is -0.465 e. The molecule has 1 N–H and O–H groups in total. The minimum absolute atomic E-state index is 0.0141. The fourth-order valence-electron chi connectivity index (χ4n) is 5.42. The van der Waals surface area contributed by atoms with E-state index in [0.717, 1.165) is 18.5 Å². The van der Waals surface area contributed by atoms with Gasteiger partial charge in [-0.15, -0.1) is 0 Å². The van der Waals surface area contributed by atoms with Gasteiger partial charge in [-0.1, -0.05) is 52.8 Å². The summed E-state index contributed by atoms with van der Waals surface area (Å²) >= 11 is 0. The second kappa shape index (κ2) is 6.54. The maximum Gasteiger partial charge on any atom is 0.407 e. The van der Waals surface area contributed by atoms with Gasteiger partial charge in [0.05, 0.1) is 0 Å². The lowest BCUT2D eigenvalue weighted by Crippen LogP contribution is -2.75. The highest BCUT2D eigenvalue weighted by molar-refractivity contribution is 5.96. The zero-order chi connectivity index (χ0) is 20.1. The monoisotopic (exact) mass is 372 g/mol. The van der Waals surface area contributed by atoms with Crippen LogP contribution in [0.15, 0.2) is 24.3 Å². The molecular formula is C22H32N2O3. The molecule has 1 unspecified atom stereocenters. The van der Waals surface area contributed by atoms with Crippen LogP contribution in [0, 0.1) is 16.7 Å². The van der Waals surface area contributed by atoms with E-state index in [9.17, 15) is 14.7 Å². The van der Waals surface area contributed by atoms with Crippen LogP contribution < -0.4 is 4.90 Å². The summed E-state index contributed by atoms with van der Waals surface area (Å²) in [7, 11) is 1.86. The Morgan fingerprint density at radius 2 is 1.81 bits per heavy atom. The van der Waals surface area contributed by atoms with E-state index < -0.39 is 6.09 Å². The summed E-state index contributed by atoms with van der Waals surface area (Å²) in [5.41, 5.74) is 2.00. The SMILES string of the molecule is CC(C)c1ccccc1N(C)C(=O)C1CC2(C1)CN(C(=O)O)C2C(C)(C)C. The average molecular weight is 373 g/mol. The molecular weight excluding hydrogens is 340 g/mol. The fraction of sp³-hybridized carbons (Fsp3) is 0.636. The normalized spacial score (nSPS) is 27.3. The minimum atomic E-state index is -0.849. The maximum absolute atomic E-state index is 13.1. The molecule has 1 aliphatic heterocycles. The van der Waals surface area contributed by atoms with Crippen molar-refractivity contribution in [1.82, 2.24) is 4.90 Å². The van der Waals surface area contributed by atoms with E-state index in [2.05, 4.69) is 40.7 Å². The van der Waals surface area contributed by atoms with Crippen molar-refractivity contribution < 1.29 is 14.7 Å². The molecule has 1 aliphatic carbocycles. The first-order valence-corrected chi connectivity index (χ1v) is 9.84. The Hall–Kier alpha value is -2.04. The van der Waals surface area contributed by atoms with E-state index in [1.54, 1.807) is 9.80 Å². The van der Waals surface area contributed by atoms with Crippen LogP contribution in [0.2, 0.25) is 0 Å². The van der Waals surface area contributed by atoms with Crippen molar-refractivity contribution in [1.29, 1.82) is 0 Å². The lowest BCUT2D eigenvalue weighted by molar-refractivity contribution is -0.177. The number of amides is 2. The van der Waals surface area contributed by atoms with E-state index in [1.807, 2.05) is 25.2 Å². The molecule has 0 aromatic heterocycles. The molecule has 1 aromatic carbocycles. The van der Waals surface area contributed by atoms with Crippen molar-refractivity contribution in [3.8, 4) is 0 Å². The number of hydrogen-bond acceptors (Lipinski definition) is 2. The zero-order valence-corrected chi connectivity index (χ0v) is 17.3. The third kappa shape index (κ3) is 3.21. The summed E-state index contributed by atoms with van der Waals surface area (Å²) < 4.78 is 0. The van der Waals surface area contributed by atoms with Crippen molar-refractivity contribution in [3.63, 3.8) is 0 Å². The Bertz CT molecular complexity index is 744. The first-order chi connectivity index (χ1) is 12.5. The van der Waals surface area contributed by atoms with Gasteiger partial charge in [0.25, 0.3) is 0 Å². The number of rotatable bonds is 3. The number of carboxylic acid groups (broad SMARTS) is 1. The third-order valence-electron chi connectivity index (χ3n) is 6.35. The Balaban J connectivity index is 1.73. The quantitative estimate of drug-likeness (QED) is 0.845. The third-order valence-corrected chi connectivity index (χ3v) is 6.35. The highest BCUT2D eigenvalue weighted by Crippen LogP contribution is 2.60. The molecule has 1 heterocycles. The first-order valence-electron chi connectivity index (χ1n) is 9.84. The van der Waals surface area contributed by atoms with Crippen LogP contribution in [0.4, 0.5) is 10.5 Å². The summed E-state index contributed by atoms with van der Waals surface area (Å²) in [5.74, 6) is 0.483. The van der Waals surface area contributed by atoms with E-state index in [1.165, 1.54) is 5.56 Å². The molecule has 3 rings (SSSR count). The Labute approximate surface area is 162 Å². The standard InChI is InChI=1S/C22H32N2O3/c1-14(2)16-9-7-8-10-17(16)23(6)18(25)15-11-22(12-15)13-24(20(26)27)19(22)21(3,4)5/h7-10,14-15,19H,11-13H2,1-6H3,(H,26,27).